The summed E-state index contributed by atoms with van der Waals surface area (Å²) in [5.74, 6) is 0. The number of amides is 2. The van der Waals surface area contributed by atoms with Crippen LogP contribution in [-0.4, -0.2) is 41.8 Å². The molecule has 0 radical (unpaired) electrons. The number of alkyl carbamates (subject to hydrolysis) is 1. The van der Waals surface area contributed by atoms with Crippen molar-refractivity contribution in [2.24, 2.45) is 5.41 Å². The van der Waals surface area contributed by atoms with Crippen molar-refractivity contribution in [2.75, 3.05) is 13.1 Å². The summed E-state index contributed by atoms with van der Waals surface area (Å²) in [6.07, 6.45) is 1.26. The van der Waals surface area contributed by atoms with E-state index in [1.54, 1.807) is 4.90 Å². The van der Waals surface area contributed by atoms with Crippen LogP contribution >= 0.6 is 0 Å². The minimum atomic E-state index is -0.534. The molecule has 1 aliphatic carbocycles. The van der Waals surface area contributed by atoms with Crippen LogP contribution in [0.25, 0.3) is 0 Å². The van der Waals surface area contributed by atoms with Crippen molar-refractivity contribution in [1.82, 2.24) is 10.2 Å². The SMILES string of the molecule is CC(C)(C)OC(=O)N[C@H]1CN(C(=O)OCc2ccccc2)CC12CC2. The van der Waals surface area contributed by atoms with E-state index in [0.29, 0.717) is 13.1 Å². The zero-order chi connectivity index (χ0) is 18.1. The zero-order valence-electron chi connectivity index (χ0n) is 15.1. The number of carbonyl (C=O) groups excluding carboxylic acids is 2. The van der Waals surface area contributed by atoms with Gasteiger partial charge in [0.1, 0.15) is 12.2 Å². The van der Waals surface area contributed by atoms with Gasteiger partial charge in [0.15, 0.2) is 0 Å². The lowest BCUT2D eigenvalue weighted by Gasteiger charge is -2.23. The van der Waals surface area contributed by atoms with Crippen LogP contribution in [0, 0.1) is 5.41 Å². The van der Waals surface area contributed by atoms with Gasteiger partial charge in [-0.25, -0.2) is 9.59 Å². The monoisotopic (exact) mass is 346 g/mol. The van der Waals surface area contributed by atoms with Gasteiger partial charge < -0.3 is 19.7 Å². The molecule has 2 fully saturated rings. The Morgan fingerprint density at radius 1 is 1.24 bits per heavy atom. The van der Waals surface area contributed by atoms with Gasteiger partial charge in [0, 0.05) is 18.5 Å². The van der Waals surface area contributed by atoms with Gasteiger partial charge in [0.05, 0.1) is 6.04 Å². The topological polar surface area (TPSA) is 67.9 Å². The third-order valence-electron chi connectivity index (χ3n) is 4.69. The molecule has 2 aliphatic rings. The maximum Gasteiger partial charge on any atom is 0.410 e. The Morgan fingerprint density at radius 2 is 1.92 bits per heavy atom. The largest absolute Gasteiger partial charge is 0.445 e. The summed E-state index contributed by atoms with van der Waals surface area (Å²) in [6.45, 7) is 6.85. The molecule has 1 aromatic rings. The summed E-state index contributed by atoms with van der Waals surface area (Å²) in [6, 6.07) is 9.53. The number of nitrogens with zero attached hydrogens (tertiary/aromatic N) is 1. The summed E-state index contributed by atoms with van der Waals surface area (Å²) >= 11 is 0. The minimum absolute atomic E-state index is 0.0112. The Bertz CT molecular complexity index is 635. The molecule has 6 nitrogen and oxygen atoms in total. The van der Waals surface area contributed by atoms with E-state index < -0.39 is 11.7 Å². The van der Waals surface area contributed by atoms with Crippen molar-refractivity contribution >= 4 is 12.2 Å². The van der Waals surface area contributed by atoms with Gasteiger partial charge in [-0.2, -0.15) is 0 Å². The number of carbonyl (C=O) groups is 2. The van der Waals surface area contributed by atoms with Crippen LogP contribution in [0.5, 0.6) is 0 Å². The zero-order valence-corrected chi connectivity index (χ0v) is 15.1. The van der Waals surface area contributed by atoms with Crippen LogP contribution in [0.2, 0.25) is 0 Å². The van der Waals surface area contributed by atoms with Crippen molar-refractivity contribution in [3.8, 4) is 0 Å². The average molecular weight is 346 g/mol. The van der Waals surface area contributed by atoms with Crippen LogP contribution in [0.4, 0.5) is 9.59 Å². The number of likely N-dealkylation sites (tertiary alicyclic amines) is 1. The molecule has 0 aromatic heterocycles. The summed E-state index contributed by atoms with van der Waals surface area (Å²) in [5.41, 5.74) is 0.413. The second kappa shape index (κ2) is 6.58. The molecule has 1 saturated heterocycles. The first-order chi connectivity index (χ1) is 11.8. The molecule has 1 aromatic carbocycles. The highest BCUT2D eigenvalue weighted by Gasteiger charge is 2.57. The predicted octanol–water partition coefficient (Wildman–Crippen LogP) is 3.31. The highest BCUT2D eigenvalue weighted by molar-refractivity contribution is 5.71. The van der Waals surface area contributed by atoms with Crippen molar-refractivity contribution in [2.45, 2.75) is 51.9 Å². The third-order valence-corrected chi connectivity index (χ3v) is 4.69. The summed E-state index contributed by atoms with van der Waals surface area (Å²) in [4.78, 5) is 26.1. The Kier molecular flexibility index (Phi) is 4.62. The van der Waals surface area contributed by atoms with E-state index in [0.717, 1.165) is 18.4 Å². The Labute approximate surface area is 148 Å². The smallest absolute Gasteiger partial charge is 0.410 e. The number of hydrogen-bond acceptors (Lipinski definition) is 4. The number of nitrogens with one attached hydrogen (secondary N) is 1. The molecule has 1 heterocycles. The van der Waals surface area contributed by atoms with E-state index in [1.165, 1.54) is 0 Å². The van der Waals surface area contributed by atoms with E-state index in [1.807, 2.05) is 51.1 Å². The lowest BCUT2D eigenvalue weighted by molar-refractivity contribution is 0.0490. The fourth-order valence-corrected chi connectivity index (χ4v) is 3.23. The fourth-order valence-electron chi connectivity index (χ4n) is 3.23. The molecule has 3 rings (SSSR count). The molecule has 1 spiro atoms. The lowest BCUT2D eigenvalue weighted by Crippen LogP contribution is -2.44. The number of benzene rings is 1. The highest BCUT2D eigenvalue weighted by atomic mass is 16.6. The van der Waals surface area contributed by atoms with Gasteiger partial charge in [0.2, 0.25) is 0 Å². The molecule has 136 valence electrons. The van der Waals surface area contributed by atoms with Crippen molar-refractivity contribution in [1.29, 1.82) is 0 Å². The molecule has 1 aliphatic heterocycles. The summed E-state index contributed by atoms with van der Waals surface area (Å²) in [5, 5.41) is 2.94. The van der Waals surface area contributed by atoms with Crippen LogP contribution in [0.15, 0.2) is 30.3 Å². The van der Waals surface area contributed by atoms with E-state index >= 15 is 0 Å². The van der Waals surface area contributed by atoms with Crippen LogP contribution in [0.1, 0.15) is 39.2 Å². The molecule has 25 heavy (non-hydrogen) atoms. The van der Waals surface area contributed by atoms with Gasteiger partial charge >= 0.3 is 12.2 Å². The average Bonchev–Trinajstić information content (AvgIpc) is 3.22. The first-order valence-electron chi connectivity index (χ1n) is 8.73. The molecular formula is C19H26N2O4. The first kappa shape index (κ1) is 17.6. The second-order valence-electron chi connectivity index (χ2n) is 7.98. The first-order valence-corrected chi connectivity index (χ1v) is 8.73. The van der Waals surface area contributed by atoms with Crippen molar-refractivity contribution < 1.29 is 19.1 Å². The molecule has 1 atom stereocenters. The molecule has 1 saturated carbocycles. The Morgan fingerprint density at radius 3 is 2.52 bits per heavy atom. The highest BCUT2D eigenvalue weighted by Crippen LogP contribution is 2.52. The maximum absolute atomic E-state index is 12.4. The number of rotatable bonds is 3. The second-order valence-corrected chi connectivity index (χ2v) is 7.98. The third kappa shape index (κ3) is 4.44. The van der Waals surface area contributed by atoms with Gasteiger partial charge in [-0.1, -0.05) is 30.3 Å². The lowest BCUT2D eigenvalue weighted by atomic mass is 10.0. The predicted molar refractivity (Wildman–Crippen MR) is 93.0 cm³/mol. The van der Waals surface area contributed by atoms with E-state index in [2.05, 4.69) is 5.32 Å². The molecule has 2 amide bonds. The van der Waals surface area contributed by atoms with Crippen LogP contribution in [-0.2, 0) is 16.1 Å². The number of hydrogen-bond donors (Lipinski definition) is 1. The van der Waals surface area contributed by atoms with Gasteiger partial charge in [0.25, 0.3) is 0 Å². The molecular weight excluding hydrogens is 320 g/mol. The summed E-state index contributed by atoms with van der Waals surface area (Å²) in [7, 11) is 0. The quantitative estimate of drug-likeness (QED) is 0.912. The fraction of sp³-hybridized carbons (Fsp3) is 0.579. The van der Waals surface area contributed by atoms with Gasteiger partial charge in [-0.3, -0.25) is 0 Å². The van der Waals surface area contributed by atoms with E-state index in [9.17, 15) is 9.59 Å². The Hall–Kier alpha value is -2.24. The van der Waals surface area contributed by atoms with Gasteiger partial charge in [-0.15, -0.1) is 0 Å². The summed E-state index contributed by atoms with van der Waals surface area (Å²) < 4.78 is 10.7. The molecule has 0 bridgehead atoms. The van der Waals surface area contributed by atoms with Crippen molar-refractivity contribution in [3.05, 3.63) is 35.9 Å². The maximum atomic E-state index is 12.4. The normalized spacial score (nSPS) is 21.1. The molecule has 0 unspecified atom stereocenters. The standard InChI is InChI=1S/C19H26N2O4/c1-18(2,3)25-16(22)20-15-11-21(13-19(15)9-10-19)17(23)24-12-14-7-5-4-6-8-14/h4-8,15H,9-13H2,1-3H3,(H,20,22)/t15-/m0/s1. The molecule has 6 heteroatoms. The molecule has 1 N–H and O–H groups in total. The van der Waals surface area contributed by atoms with Crippen molar-refractivity contribution in [3.63, 3.8) is 0 Å². The van der Waals surface area contributed by atoms with Gasteiger partial charge in [-0.05, 0) is 39.2 Å². The van der Waals surface area contributed by atoms with Crippen LogP contribution in [0.3, 0.4) is 0 Å². The van der Waals surface area contributed by atoms with Crippen LogP contribution < -0.4 is 5.32 Å². The van der Waals surface area contributed by atoms with E-state index in [-0.39, 0.29) is 24.2 Å². The number of ether oxygens (including phenoxy) is 2. The van der Waals surface area contributed by atoms with E-state index in [4.69, 9.17) is 9.47 Å². The minimum Gasteiger partial charge on any atom is -0.445 e. The Balaban J connectivity index is 1.53.